The SMILES string of the molecule is COc1cc2c(=O)[nH]c(=O)n([C@@H]3O[C@H](COP(=O)(O)O)[C@H]4OC(C)(C)O[C@H]43)c2cc1OC. The van der Waals surface area contributed by atoms with Crippen molar-refractivity contribution in [2.45, 2.75) is 44.2 Å². The summed E-state index contributed by atoms with van der Waals surface area (Å²) in [5, 5.41) is 0.135. The Balaban J connectivity index is 1.84. The molecule has 0 saturated carbocycles. The zero-order chi connectivity index (χ0) is 23.4. The number of hydrogen-bond acceptors (Lipinski definition) is 9. The van der Waals surface area contributed by atoms with E-state index in [1.54, 1.807) is 13.8 Å². The van der Waals surface area contributed by atoms with Crippen LogP contribution in [0.4, 0.5) is 0 Å². The lowest BCUT2D eigenvalue weighted by atomic mass is 10.1. The molecule has 2 aliphatic heterocycles. The van der Waals surface area contributed by atoms with E-state index in [0.29, 0.717) is 0 Å². The number of benzene rings is 1. The van der Waals surface area contributed by atoms with Gasteiger partial charge in [-0.15, -0.1) is 0 Å². The van der Waals surface area contributed by atoms with Gasteiger partial charge in [-0.2, -0.15) is 0 Å². The van der Waals surface area contributed by atoms with Crippen molar-refractivity contribution in [3.8, 4) is 11.5 Å². The lowest BCUT2D eigenvalue weighted by molar-refractivity contribution is -0.199. The molecule has 2 aliphatic rings. The fourth-order valence-electron chi connectivity index (χ4n) is 4.01. The van der Waals surface area contributed by atoms with Gasteiger partial charge in [-0.05, 0) is 19.9 Å². The van der Waals surface area contributed by atoms with Gasteiger partial charge in [0.05, 0.1) is 31.7 Å². The topological polar surface area (TPSA) is 168 Å². The van der Waals surface area contributed by atoms with Crippen LogP contribution in [0.1, 0.15) is 20.1 Å². The van der Waals surface area contributed by atoms with E-state index >= 15 is 0 Å². The molecular formula is C18H23N2O11P. The van der Waals surface area contributed by atoms with E-state index in [4.69, 9.17) is 33.5 Å². The first-order chi connectivity index (χ1) is 14.9. The van der Waals surface area contributed by atoms with Crippen molar-refractivity contribution < 1.29 is 42.6 Å². The summed E-state index contributed by atoms with van der Waals surface area (Å²) < 4.78 is 45.2. The molecule has 0 amide bonds. The van der Waals surface area contributed by atoms with Gasteiger partial charge in [-0.25, -0.2) is 9.36 Å². The zero-order valence-electron chi connectivity index (χ0n) is 17.6. The number of phosphoric ester groups is 1. The number of aromatic amines is 1. The lowest BCUT2D eigenvalue weighted by Crippen LogP contribution is -2.38. The van der Waals surface area contributed by atoms with Crippen LogP contribution in [0.2, 0.25) is 0 Å². The standard InChI is InChI=1S/C18H23N2O11P/c1-18(2)30-13-12(7-28-32(23,24)25)29-16(14(13)31-18)20-9-6-11(27-4)10(26-3)5-8(9)15(21)19-17(20)22/h5-6,12-14,16H,7H2,1-4H3,(H,19,21,22)(H2,23,24,25)/t12-,13-,14-,16-/m1/s1. The van der Waals surface area contributed by atoms with Gasteiger partial charge < -0.3 is 33.5 Å². The molecule has 0 unspecified atom stereocenters. The molecule has 0 aliphatic carbocycles. The number of fused-ring (bicyclic) bond motifs is 2. The van der Waals surface area contributed by atoms with Gasteiger partial charge in [0, 0.05) is 6.07 Å². The van der Waals surface area contributed by atoms with Crippen molar-refractivity contribution in [1.82, 2.24) is 9.55 Å². The summed E-state index contributed by atoms with van der Waals surface area (Å²) in [5.74, 6) is -0.491. The summed E-state index contributed by atoms with van der Waals surface area (Å²) in [4.78, 5) is 45.7. The number of rotatable bonds is 6. The molecule has 1 aromatic carbocycles. The van der Waals surface area contributed by atoms with E-state index in [0.717, 1.165) is 0 Å². The Labute approximate surface area is 181 Å². The van der Waals surface area contributed by atoms with Crippen molar-refractivity contribution in [3.63, 3.8) is 0 Å². The fourth-order valence-corrected chi connectivity index (χ4v) is 4.35. The van der Waals surface area contributed by atoms with Crippen LogP contribution in [0.25, 0.3) is 10.9 Å². The molecule has 0 bridgehead atoms. The highest BCUT2D eigenvalue weighted by Gasteiger charge is 2.56. The van der Waals surface area contributed by atoms with Gasteiger partial charge in [0.1, 0.15) is 18.3 Å². The third kappa shape index (κ3) is 4.08. The molecule has 4 atom stereocenters. The van der Waals surface area contributed by atoms with Crippen molar-refractivity contribution >= 4 is 18.7 Å². The van der Waals surface area contributed by atoms with E-state index in [9.17, 15) is 14.2 Å². The second kappa shape index (κ2) is 7.96. The van der Waals surface area contributed by atoms with Gasteiger partial charge in [0.25, 0.3) is 5.56 Å². The second-order valence-corrected chi connectivity index (χ2v) is 9.01. The molecule has 1 aromatic heterocycles. The highest BCUT2D eigenvalue weighted by atomic mass is 31.2. The van der Waals surface area contributed by atoms with Gasteiger partial charge in [-0.1, -0.05) is 0 Å². The van der Waals surface area contributed by atoms with Crippen molar-refractivity contribution in [3.05, 3.63) is 33.0 Å². The lowest BCUT2D eigenvalue weighted by Gasteiger charge is -2.25. The Morgan fingerprint density at radius 1 is 1.12 bits per heavy atom. The van der Waals surface area contributed by atoms with E-state index in [-0.39, 0.29) is 22.4 Å². The van der Waals surface area contributed by atoms with Crippen LogP contribution in [-0.4, -0.2) is 64.3 Å². The van der Waals surface area contributed by atoms with Gasteiger partial charge >= 0.3 is 13.5 Å². The quantitative estimate of drug-likeness (QED) is 0.490. The first kappa shape index (κ1) is 22.9. The van der Waals surface area contributed by atoms with E-state index in [1.807, 2.05) is 0 Å². The monoisotopic (exact) mass is 474 g/mol. The molecule has 14 heteroatoms. The average molecular weight is 474 g/mol. The van der Waals surface area contributed by atoms with Crippen LogP contribution < -0.4 is 20.7 Å². The van der Waals surface area contributed by atoms with Crippen molar-refractivity contribution in [2.75, 3.05) is 20.8 Å². The highest BCUT2D eigenvalue weighted by molar-refractivity contribution is 7.46. The van der Waals surface area contributed by atoms with Gasteiger partial charge in [0.15, 0.2) is 23.5 Å². The molecule has 3 heterocycles. The van der Waals surface area contributed by atoms with E-state index < -0.39 is 56.0 Å². The Kier molecular flexibility index (Phi) is 5.70. The third-order valence-electron chi connectivity index (χ3n) is 5.23. The van der Waals surface area contributed by atoms with Gasteiger partial charge in [0.2, 0.25) is 0 Å². The van der Waals surface area contributed by atoms with E-state index in [2.05, 4.69) is 9.51 Å². The molecule has 0 radical (unpaired) electrons. The van der Waals surface area contributed by atoms with Crippen LogP contribution in [0, 0.1) is 0 Å². The summed E-state index contributed by atoms with van der Waals surface area (Å²) in [6.07, 6.45) is -3.70. The molecule has 32 heavy (non-hydrogen) atoms. The number of methoxy groups -OCH3 is 2. The Hall–Kier alpha value is -2.25. The largest absolute Gasteiger partial charge is 0.493 e. The summed E-state index contributed by atoms with van der Waals surface area (Å²) in [5.41, 5.74) is -1.23. The van der Waals surface area contributed by atoms with Crippen molar-refractivity contribution in [1.29, 1.82) is 0 Å². The summed E-state index contributed by atoms with van der Waals surface area (Å²) in [6.45, 7) is 2.81. The molecule has 2 fully saturated rings. The Bertz CT molecular complexity index is 1200. The number of aromatic nitrogens is 2. The minimum Gasteiger partial charge on any atom is -0.493 e. The maximum Gasteiger partial charge on any atom is 0.469 e. The van der Waals surface area contributed by atoms with Crippen molar-refractivity contribution in [2.24, 2.45) is 0 Å². The Morgan fingerprint density at radius 3 is 2.38 bits per heavy atom. The van der Waals surface area contributed by atoms with E-state index in [1.165, 1.54) is 30.9 Å². The summed E-state index contributed by atoms with van der Waals surface area (Å²) in [7, 11) is -1.95. The number of H-pyrrole nitrogens is 1. The fraction of sp³-hybridized carbons (Fsp3) is 0.556. The Morgan fingerprint density at radius 2 is 1.75 bits per heavy atom. The number of ether oxygens (including phenoxy) is 5. The maximum absolute atomic E-state index is 12.9. The third-order valence-corrected chi connectivity index (χ3v) is 5.72. The summed E-state index contributed by atoms with van der Waals surface area (Å²) >= 11 is 0. The van der Waals surface area contributed by atoms with Crippen LogP contribution >= 0.6 is 7.82 Å². The number of hydrogen-bond donors (Lipinski definition) is 3. The molecule has 0 spiro atoms. The van der Waals surface area contributed by atoms with Crippen LogP contribution in [0.3, 0.4) is 0 Å². The molecule has 2 aromatic rings. The molecule has 176 valence electrons. The number of nitrogens with zero attached hydrogens (tertiary/aromatic N) is 1. The minimum absolute atomic E-state index is 0.135. The molecule has 13 nitrogen and oxygen atoms in total. The van der Waals surface area contributed by atoms with Crippen LogP contribution in [-0.2, 0) is 23.3 Å². The molecule has 4 rings (SSSR count). The average Bonchev–Trinajstić information content (AvgIpc) is 3.18. The normalized spacial score (nSPS) is 26.9. The molecular weight excluding hydrogens is 451 g/mol. The van der Waals surface area contributed by atoms with Crippen LogP contribution in [0.5, 0.6) is 11.5 Å². The molecule has 3 N–H and O–H groups in total. The minimum atomic E-state index is -4.78. The first-order valence-corrected chi connectivity index (χ1v) is 11.1. The predicted octanol–water partition coefficient (Wildman–Crippen LogP) is 0.234. The maximum atomic E-state index is 12.9. The highest BCUT2D eigenvalue weighted by Crippen LogP contribution is 2.45. The summed E-state index contributed by atoms with van der Waals surface area (Å²) in [6, 6.07) is 2.89. The zero-order valence-corrected chi connectivity index (χ0v) is 18.5. The number of phosphoric acid groups is 1. The first-order valence-electron chi connectivity index (χ1n) is 9.56. The van der Waals surface area contributed by atoms with Gasteiger partial charge in [-0.3, -0.25) is 18.9 Å². The smallest absolute Gasteiger partial charge is 0.469 e. The second-order valence-electron chi connectivity index (χ2n) is 7.77. The van der Waals surface area contributed by atoms with Crippen LogP contribution in [0.15, 0.2) is 21.7 Å². The predicted molar refractivity (Wildman–Crippen MR) is 108 cm³/mol. The number of nitrogens with one attached hydrogen (secondary N) is 1. The molecule has 2 saturated heterocycles.